The molecule has 1 aromatic carbocycles. The number of amides is 1. The van der Waals surface area contributed by atoms with Crippen LogP contribution in [0.4, 0.5) is 0 Å². The molecule has 0 unspecified atom stereocenters. The van der Waals surface area contributed by atoms with Crippen LogP contribution in [0.25, 0.3) is 0 Å². The summed E-state index contributed by atoms with van der Waals surface area (Å²) in [5.74, 6) is 0.197. The van der Waals surface area contributed by atoms with Crippen LogP contribution in [0.2, 0.25) is 0 Å². The number of nitrogens with one attached hydrogen (secondary N) is 1. The fourth-order valence-corrected chi connectivity index (χ4v) is 2.83. The lowest BCUT2D eigenvalue weighted by molar-refractivity contribution is 0.0935. The average Bonchev–Trinajstić information content (AvgIpc) is 2.32. The van der Waals surface area contributed by atoms with Crippen molar-refractivity contribution in [2.75, 3.05) is 12.8 Å². The number of hydrogen-bond acceptors (Lipinski definition) is 4. The van der Waals surface area contributed by atoms with Crippen LogP contribution in [-0.2, 0) is 9.84 Å². The zero-order valence-electron chi connectivity index (χ0n) is 10.8. The van der Waals surface area contributed by atoms with Crippen molar-refractivity contribution in [3.8, 4) is 0 Å². The maximum atomic E-state index is 11.9. The maximum absolute atomic E-state index is 11.9. The van der Waals surface area contributed by atoms with Gasteiger partial charge in [0, 0.05) is 24.4 Å². The third-order valence-electron chi connectivity index (χ3n) is 3.35. The minimum atomic E-state index is -3.29. The molecule has 5 nitrogen and oxygen atoms in total. The molecule has 3 N–H and O–H groups in total. The van der Waals surface area contributed by atoms with Gasteiger partial charge in [-0.25, -0.2) is 8.42 Å². The predicted octanol–water partition coefficient (Wildman–Crippen LogP) is 0.557. The monoisotopic (exact) mass is 282 g/mol. The largest absolute Gasteiger partial charge is 0.352 e. The van der Waals surface area contributed by atoms with Gasteiger partial charge in [-0.2, -0.15) is 0 Å². The normalized spacial score (nSPS) is 22.6. The third kappa shape index (κ3) is 3.54. The molecule has 2 rings (SSSR count). The van der Waals surface area contributed by atoms with Crippen molar-refractivity contribution in [3.63, 3.8) is 0 Å². The van der Waals surface area contributed by atoms with E-state index in [0.717, 1.165) is 19.1 Å². The van der Waals surface area contributed by atoms with Crippen molar-refractivity contribution in [2.24, 2.45) is 11.7 Å². The quantitative estimate of drug-likeness (QED) is 0.844. The molecule has 1 aromatic rings. The Morgan fingerprint density at radius 3 is 2.68 bits per heavy atom. The molecule has 1 fully saturated rings. The van der Waals surface area contributed by atoms with Crippen molar-refractivity contribution < 1.29 is 13.2 Å². The Kier molecular flexibility index (Phi) is 3.91. The summed E-state index contributed by atoms with van der Waals surface area (Å²) in [6.45, 7) is 0.593. The lowest BCUT2D eigenvalue weighted by atomic mass is 9.81. The number of carbonyl (C=O) groups is 1. The molecular formula is C13H18N2O3S. The minimum absolute atomic E-state index is 0.158. The van der Waals surface area contributed by atoms with Gasteiger partial charge in [0.2, 0.25) is 0 Å². The fourth-order valence-electron chi connectivity index (χ4n) is 2.16. The van der Waals surface area contributed by atoms with Crippen LogP contribution in [0, 0.1) is 5.92 Å². The van der Waals surface area contributed by atoms with E-state index >= 15 is 0 Å². The van der Waals surface area contributed by atoms with Gasteiger partial charge < -0.3 is 11.1 Å². The van der Waals surface area contributed by atoms with Crippen LogP contribution in [0.5, 0.6) is 0 Å². The summed E-state index contributed by atoms with van der Waals surface area (Å²) in [5.41, 5.74) is 6.04. The van der Waals surface area contributed by atoms with E-state index < -0.39 is 9.84 Å². The SMILES string of the molecule is CS(=O)(=O)c1cccc(C(=O)NCC2CC(N)C2)c1. The molecule has 0 saturated heterocycles. The highest BCUT2D eigenvalue weighted by Gasteiger charge is 2.26. The number of sulfone groups is 1. The third-order valence-corrected chi connectivity index (χ3v) is 4.46. The van der Waals surface area contributed by atoms with E-state index in [1.54, 1.807) is 12.1 Å². The first-order chi connectivity index (χ1) is 8.86. The Morgan fingerprint density at radius 2 is 2.11 bits per heavy atom. The van der Waals surface area contributed by atoms with E-state index in [2.05, 4.69) is 5.32 Å². The number of hydrogen-bond donors (Lipinski definition) is 2. The molecule has 0 aromatic heterocycles. The molecule has 0 spiro atoms. The van der Waals surface area contributed by atoms with Gasteiger partial charge in [-0.3, -0.25) is 4.79 Å². The lowest BCUT2D eigenvalue weighted by Crippen LogP contribution is -2.42. The average molecular weight is 282 g/mol. The highest BCUT2D eigenvalue weighted by molar-refractivity contribution is 7.90. The minimum Gasteiger partial charge on any atom is -0.352 e. The summed E-state index contributed by atoms with van der Waals surface area (Å²) in [6.07, 6.45) is 2.99. The van der Waals surface area contributed by atoms with Crippen molar-refractivity contribution in [2.45, 2.75) is 23.8 Å². The lowest BCUT2D eigenvalue weighted by Gasteiger charge is -2.32. The zero-order valence-corrected chi connectivity index (χ0v) is 11.6. The first-order valence-corrected chi connectivity index (χ1v) is 8.09. The molecule has 0 heterocycles. The number of carbonyl (C=O) groups excluding carboxylic acids is 1. The highest BCUT2D eigenvalue weighted by atomic mass is 32.2. The second-order valence-electron chi connectivity index (χ2n) is 5.11. The molecule has 0 bridgehead atoms. The first kappa shape index (κ1) is 14.0. The second-order valence-corrected chi connectivity index (χ2v) is 7.12. The Labute approximate surface area is 113 Å². The summed E-state index contributed by atoms with van der Waals surface area (Å²) >= 11 is 0. The van der Waals surface area contributed by atoms with Crippen LogP contribution >= 0.6 is 0 Å². The molecule has 19 heavy (non-hydrogen) atoms. The van der Waals surface area contributed by atoms with E-state index in [1.165, 1.54) is 12.1 Å². The van der Waals surface area contributed by atoms with E-state index in [4.69, 9.17) is 5.73 Å². The van der Waals surface area contributed by atoms with Crippen molar-refractivity contribution >= 4 is 15.7 Å². The summed E-state index contributed by atoms with van der Waals surface area (Å²) < 4.78 is 22.8. The van der Waals surface area contributed by atoms with E-state index in [-0.39, 0.29) is 16.8 Å². The van der Waals surface area contributed by atoms with Crippen LogP contribution in [0.15, 0.2) is 29.2 Å². The summed E-state index contributed by atoms with van der Waals surface area (Å²) in [4.78, 5) is 12.1. The molecule has 6 heteroatoms. The van der Waals surface area contributed by atoms with E-state index in [1.807, 2.05) is 0 Å². The highest BCUT2D eigenvalue weighted by Crippen LogP contribution is 2.24. The number of nitrogens with two attached hydrogens (primary N) is 1. The summed E-state index contributed by atoms with van der Waals surface area (Å²) in [6, 6.07) is 6.32. The van der Waals surface area contributed by atoms with Gasteiger partial charge in [0.1, 0.15) is 0 Å². The number of rotatable bonds is 4. The summed E-state index contributed by atoms with van der Waals surface area (Å²) in [5, 5.41) is 2.81. The van der Waals surface area contributed by atoms with Gasteiger partial charge in [-0.1, -0.05) is 6.07 Å². The van der Waals surface area contributed by atoms with Gasteiger partial charge >= 0.3 is 0 Å². The Hall–Kier alpha value is -1.40. The van der Waals surface area contributed by atoms with Gasteiger partial charge in [-0.05, 0) is 37.0 Å². The smallest absolute Gasteiger partial charge is 0.251 e. The first-order valence-electron chi connectivity index (χ1n) is 6.20. The molecule has 1 saturated carbocycles. The topological polar surface area (TPSA) is 89.3 Å². The molecule has 1 aliphatic rings. The molecular weight excluding hydrogens is 264 g/mol. The fraction of sp³-hybridized carbons (Fsp3) is 0.462. The molecule has 0 aliphatic heterocycles. The van der Waals surface area contributed by atoms with Crippen LogP contribution in [0.1, 0.15) is 23.2 Å². The molecule has 104 valence electrons. The Morgan fingerprint density at radius 1 is 1.42 bits per heavy atom. The summed E-state index contributed by atoms with van der Waals surface area (Å²) in [7, 11) is -3.29. The van der Waals surface area contributed by atoms with Gasteiger partial charge in [0.25, 0.3) is 5.91 Å². The molecule has 1 amide bonds. The van der Waals surface area contributed by atoms with E-state index in [0.29, 0.717) is 18.0 Å². The molecule has 1 aliphatic carbocycles. The second kappa shape index (κ2) is 5.30. The molecule has 0 radical (unpaired) electrons. The van der Waals surface area contributed by atoms with Crippen molar-refractivity contribution in [1.29, 1.82) is 0 Å². The van der Waals surface area contributed by atoms with Crippen molar-refractivity contribution in [1.82, 2.24) is 5.32 Å². The van der Waals surface area contributed by atoms with Crippen LogP contribution in [-0.4, -0.2) is 33.2 Å². The standard InChI is InChI=1S/C13H18N2O3S/c1-19(17,18)12-4-2-3-10(7-12)13(16)15-8-9-5-11(14)6-9/h2-4,7,9,11H,5-6,8,14H2,1H3,(H,15,16). The van der Waals surface area contributed by atoms with Crippen LogP contribution < -0.4 is 11.1 Å². The van der Waals surface area contributed by atoms with Crippen molar-refractivity contribution in [3.05, 3.63) is 29.8 Å². The Balaban J connectivity index is 1.99. The molecule has 0 atom stereocenters. The van der Waals surface area contributed by atoms with Gasteiger partial charge in [0.15, 0.2) is 9.84 Å². The van der Waals surface area contributed by atoms with E-state index in [9.17, 15) is 13.2 Å². The Bertz CT molecular complexity index is 577. The maximum Gasteiger partial charge on any atom is 0.251 e. The predicted molar refractivity (Wildman–Crippen MR) is 72.6 cm³/mol. The van der Waals surface area contributed by atoms with Crippen LogP contribution in [0.3, 0.4) is 0 Å². The van der Waals surface area contributed by atoms with Gasteiger partial charge in [0.05, 0.1) is 4.90 Å². The van der Waals surface area contributed by atoms with Gasteiger partial charge in [-0.15, -0.1) is 0 Å². The number of benzene rings is 1. The zero-order chi connectivity index (χ0) is 14.0.